The predicted octanol–water partition coefficient (Wildman–Crippen LogP) is 3.96. The maximum absolute atomic E-state index is 11.6. The van der Waals surface area contributed by atoms with Gasteiger partial charge < -0.3 is 9.47 Å². The van der Waals surface area contributed by atoms with E-state index in [0.717, 1.165) is 32.1 Å². The highest BCUT2D eigenvalue weighted by molar-refractivity contribution is 5.69. The molecule has 0 aromatic carbocycles. The first-order chi connectivity index (χ1) is 11.5. The molecule has 2 aliphatic rings. The normalized spacial score (nSPS) is 36.5. The maximum Gasteiger partial charge on any atom is 0.308 e. The van der Waals surface area contributed by atoms with Crippen LogP contribution in [0.25, 0.3) is 0 Å². The van der Waals surface area contributed by atoms with E-state index in [-0.39, 0.29) is 30.5 Å². The number of rotatable bonds is 8. The Labute approximate surface area is 145 Å². The predicted molar refractivity (Wildman–Crippen MR) is 91.3 cm³/mol. The summed E-state index contributed by atoms with van der Waals surface area (Å²) in [6, 6.07) is 0. The van der Waals surface area contributed by atoms with Crippen molar-refractivity contribution in [2.75, 3.05) is 7.11 Å². The van der Waals surface area contributed by atoms with Gasteiger partial charge in [-0.2, -0.15) is 0 Å². The van der Waals surface area contributed by atoms with Crippen molar-refractivity contribution in [1.29, 1.82) is 0 Å². The Hall–Kier alpha value is -0.910. The minimum atomic E-state index is -0.428. The minimum Gasteiger partial charge on any atom is -0.469 e. The smallest absolute Gasteiger partial charge is 0.308 e. The molecule has 0 radical (unpaired) electrons. The third-order valence-corrected chi connectivity index (χ3v) is 5.40. The molecule has 2 saturated heterocycles. The third kappa shape index (κ3) is 4.38. The molecule has 0 bridgehead atoms. The molecule has 138 valence electrons. The molecule has 0 aromatic rings. The van der Waals surface area contributed by atoms with Crippen molar-refractivity contribution in [2.45, 2.75) is 90.1 Å². The Morgan fingerprint density at radius 2 is 1.96 bits per heavy atom. The van der Waals surface area contributed by atoms with Gasteiger partial charge in [-0.25, -0.2) is 9.78 Å². The van der Waals surface area contributed by atoms with Crippen molar-refractivity contribution >= 4 is 5.97 Å². The first kappa shape index (κ1) is 19.4. The summed E-state index contributed by atoms with van der Waals surface area (Å²) < 4.78 is 10.5. The lowest BCUT2D eigenvalue weighted by Crippen LogP contribution is -2.44. The molecule has 5 atom stereocenters. The number of carbonyl (C=O) groups is 1. The van der Waals surface area contributed by atoms with Crippen molar-refractivity contribution in [3.63, 3.8) is 0 Å². The largest absolute Gasteiger partial charge is 0.469 e. The van der Waals surface area contributed by atoms with Crippen LogP contribution >= 0.6 is 0 Å². The summed E-state index contributed by atoms with van der Waals surface area (Å²) in [5, 5.41) is 0. The fraction of sp³-hybridized carbons (Fsp3) is 0.842. The van der Waals surface area contributed by atoms with E-state index in [1.807, 2.05) is 0 Å². The zero-order chi connectivity index (χ0) is 17.7. The molecule has 0 aromatic heterocycles. The summed E-state index contributed by atoms with van der Waals surface area (Å²) in [7, 11) is 1.40. The summed E-state index contributed by atoms with van der Waals surface area (Å²) in [5.74, 6) is 0.0160. The number of epoxide rings is 1. The van der Waals surface area contributed by atoms with Gasteiger partial charge in [0, 0.05) is 0 Å². The Balaban J connectivity index is 2.11. The quantitative estimate of drug-likeness (QED) is 0.290. The van der Waals surface area contributed by atoms with E-state index in [4.69, 9.17) is 19.2 Å². The fourth-order valence-corrected chi connectivity index (χ4v) is 3.59. The Morgan fingerprint density at radius 3 is 2.46 bits per heavy atom. The molecule has 5 nitrogen and oxygen atoms in total. The fourth-order valence-electron chi connectivity index (χ4n) is 3.59. The van der Waals surface area contributed by atoms with Crippen LogP contribution in [0.3, 0.4) is 0 Å². The molecule has 0 aliphatic carbocycles. The summed E-state index contributed by atoms with van der Waals surface area (Å²) in [6.07, 6.45) is 7.44. The Morgan fingerprint density at radius 1 is 1.21 bits per heavy atom. The van der Waals surface area contributed by atoms with Crippen LogP contribution in [0.4, 0.5) is 0 Å². The topological polar surface area (TPSA) is 57.3 Å². The monoisotopic (exact) mass is 340 g/mol. The minimum absolute atomic E-state index is 0.235. The van der Waals surface area contributed by atoms with Gasteiger partial charge in [-0.3, -0.25) is 4.79 Å². The van der Waals surface area contributed by atoms with E-state index in [2.05, 4.69) is 33.8 Å². The number of methoxy groups -OCH3 is 1. The molecular formula is C19H32O5. The molecule has 0 N–H and O–H groups in total. The lowest BCUT2D eigenvalue weighted by atomic mass is 9.80. The van der Waals surface area contributed by atoms with Gasteiger partial charge in [0.05, 0.1) is 19.6 Å². The highest BCUT2D eigenvalue weighted by atomic mass is 17.2. The van der Waals surface area contributed by atoms with Gasteiger partial charge in [-0.1, -0.05) is 34.1 Å². The second kappa shape index (κ2) is 8.45. The molecule has 5 heteroatoms. The SMILES string of the molecule is CCC(=CC1(CC)CC(CC)C(CC(=O)OC)OO1)C1OC1CC. The van der Waals surface area contributed by atoms with Gasteiger partial charge in [0.25, 0.3) is 0 Å². The molecule has 2 aliphatic heterocycles. The van der Waals surface area contributed by atoms with Crippen molar-refractivity contribution in [3.05, 3.63) is 11.6 Å². The average Bonchev–Trinajstić information content (AvgIpc) is 3.40. The van der Waals surface area contributed by atoms with Gasteiger partial charge in [0.2, 0.25) is 0 Å². The summed E-state index contributed by atoms with van der Waals surface area (Å²) in [5.41, 5.74) is 0.872. The molecule has 24 heavy (non-hydrogen) atoms. The zero-order valence-electron chi connectivity index (χ0n) is 15.7. The van der Waals surface area contributed by atoms with Crippen LogP contribution in [-0.4, -0.2) is 37.0 Å². The first-order valence-corrected chi connectivity index (χ1v) is 9.30. The summed E-state index contributed by atoms with van der Waals surface area (Å²) in [6.45, 7) is 8.56. The molecular weight excluding hydrogens is 308 g/mol. The molecule has 5 unspecified atom stereocenters. The lowest BCUT2D eigenvalue weighted by molar-refractivity contribution is -0.409. The number of hydrogen-bond acceptors (Lipinski definition) is 5. The van der Waals surface area contributed by atoms with Gasteiger partial charge in [-0.05, 0) is 43.3 Å². The van der Waals surface area contributed by atoms with E-state index >= 15 is 0 Å². The van der Waals surface area contributed by atoms with E-state index in [0.29, 0.717) is 6.10 Å². The van der Waals surface area contributed by atoms with Crippen LogP contribution in [0.1, 0.15) is 66.2 Å². The zero-order valence-corrected chi connectivity index (χ0v) is 15.7. The van der Waals surface area contributed by atoms with Crippen LogP contribution < -0.4 is 0 Å². The van der Waals surface area contributed by atoms with Crippen molar-refractivity contribution in [3.8, 4) is 0 Å². The standard InChI is InChI=1S/C19H32O5/c1-6-13-11-19(9-4,24-23-16(13)10-17(20)21-5)12-14(7-2)18-15(8-3)22-18/h12-13,15-16,18H,6-11H2,1-5H3. The van der Waals surface area contributed by atoms with Gasteiger partial charge in [0.1, 0.15) is 17.8 Å². The van der Waals surface area contributed by atoms with Crippen molar-refractivity contribution in [1.82, 2.24) is 0 Å². The van der Waals surface area contributed by atoms with E-state index in [1.54, 1.807) is 0 Å². The molecule has 0 saturated carbocycles. The maximum atomic E-state index is 11.6. The van der Waals surface area contributed by atoms with Gasteiger partial charge >= 0.3 is 5.97 Å². The van der Waals surface area contributed by atoms with Crippen LogP contribution in [0.2, 0.25) is 0 Å². The Bertz CT molecular complexity index is 461. The number of esters is 1. The van der Waals surface area contributed by atoms with Crippen molar-refractivity contribution in [2.24, 2.45) is 5.92 Å². The first-order valence-electron chi connectivity index (χ1n) is 9.30. The van der Waals surface area contributed by atoms with Gasteiger partial charge in [0.15, 0.2) is 0 Å². The second-order valence-electron chi connectivity index (χ2n) is 6.87. The van der Waals surface area contributed by atoms with E-state index in [1.165, 1.54) is 12.7 Å². The number of carbonyl (C=O) groups excluding carboxylic acids is 1. The number of ether oxygens (including phenoxy) is 2. The van der Waals surface area contributed by atoms with Crippen LogP contribution in [0.5, 0.6) is 0 Å². The molecule has 0 amide bonds. The van der Waals surface area contributed by atoms with Crippen LogP contribution in [0, 0.1) is 5.92 Å². The summed E-state index contributed by atoms with van der Waals surface area (Å²) in [4.78, 5) is 23.1. The number of hydrogen-bond donors (Lipinski definition) is 0. The Kier molecular flexibility index (Phi) is 6.84. The van der Waals surface area contributed by atoms with Crippen LogP contribution in [0.15, 0.2) is 11.6 Å². The van der Waals surface area contributed by atoms with Crippen LogP contribution in [-0.2, 0) is 24.0 Å². The van der Waals surface area contributed by atoms with Gasteiger partial charge in [-0.15, -0.1) is 0 Å². The van der Waals surface area contributed by atoms with E-state index < -0.39 is 5.60 Å². The second-order valence-corrected chi connectivity index (χ2v) is 6.87. The molecule has 2 fully saturated rings. The molecule has 2 rings (SSSR count). The lowest BCUT2D eigenvalue weighted by Gasteiger charge is -2.41. The third-order valence-electron chi connectivity index (χ3n) is 5.40. The highest BCUT2D eigenvalue weighted by Crippen LogP contribution is 2.41. The summed E-state index contributed by atoms with van der Waals surface area (Å²) >= 11 is 0. The molecule has 2 heterocycles. The highest BCUT2D eigenvalue weighted by Gasteiger charge is 2.45. The average molecular weight is 340 g/mol. The van der Waals surface area contributed by atoms with E-state index in [9.17, 15) is 4.79 Å². The molecule has 0 spiro atoms. The van der Waals surface area contributed by atoms with Crippen molar-refractivity contribution < 1.29 is 24.0 Å².